The van der Waals surface area contributed by atoms with E-state index in [-0.39, 0.29) is 12.6 Å². The van der Waals surface area contributed by atoms with Gasteiger partial charge in [0, 0.05) is 6.07 Å². The molecule has 6 heteroatoms. The number of nitrogens with one attached hydrogen (secondary N) is 1. The van der Waals surface area contributed by atoms with Crippen LogP contribution in [0.1, 0.15) is 5.56 Å². The quantitative estimate of drug-likeness (QED) is 0.488. The molecule has 0 aliphatic rings. The van der Waals surface area contributed by atoms with Crippen LogP contribution in [0, 0.1) is 0 Å². The fourth-order valence-electron chi connectivity index (χ4n) is 1.83. The summed E-state index contributed by atoms with van der Waals surface area (Å²) in [4.78, 5) is 8.41. The number of aliphatic hydroxyl groups is 1. The SMILES string of the molecule is CSc1nc(Cl)cc(NC(CO)Cc2ccccc2)n1. The first-order valence-corrected chi connectivity index (χ1v) is 7.81. The van der Waals surface area contributed by atoms with Gasteiger partial charge in [-0.2, -0.15) is 0 Å². The third-order valence-corrected chi connectivity index (χ3v) is 3.50. The summed E-state index contributed by atoms with van der Waals surface area (Å²) < 4.78 is 0. The van der Waals surface area contributed by atoms with E-state index in [1.54, 1.807) is 6.07 Å². The largest absolute Gasteiger partial charge is 0.394 e. The van der Waals surface area contributed by atoms with E-state index in [0.29, 0.717) is 22.5 Å². The van der Waals surface area contributed by atoms with Crippen LogP contribution in [0.2, 0.25) is 5.15 Å². The zero-order valence-electron chi connectivity index (χ0n) is 11.1. The van der Waals surface area contributed by atoms with Crippen LogP contribution >= 0.6 is 23.4 Å². The van der Waals surface area contributed by atoms with Crippen molar-refractivity contribution in [1.82, 2.24) is 9.97 Å². The molecule has 0 saturated carbocycles. The summed E-state index contributed by atoms with van der Waals surface area (Å²) in [6.45, 7) is 0.0190. The van der Waals surface area contributed by atoms with Crippen molar-refractivity contribution >= 4 is 29.2 Å². The van der Waals surface area contributed by atoms with E-state index in [9.17, 15) is 5.11 Å². The van der Waals surface area contributed by atoms with Crippen molar-refractivity contribution in [3.05, 3.63) is 47.1 Å². The molecular formula is C14H16ClN3OS. The summed E-state index contributed by atoms with van der Waals surface area (Å²) in [5.41, 5.74) is 1.16. The maximum atomic E-state index is 9.50. The molecule has 2 aromatic rings. The van der Waals surface area contributed by atoms with E-state index < -0.39 is 0 Å². The molecule has 0 bridgehead atoms. The normalized spacial score (nSPS) is 12.2. The zero-order chi connectivity index (χ0) is 14.4. The van der Waals surface area contributed by atoms with Crippen molar-refractivity contribution in [3.8, 4) is 0 Å². The Morgan fingerprint density at radius 1 is 1.30 bits per heavy atom. The molecule has 2 N–H and O–H groups in total. The van der Waals surface area contributed by atoms with Gasteiger partial charge in [0.25, 0.3) is 0 Å². The zero-order valence-corrected chi connectivity index (χ0v) is 12.7. The Hall–Kier alpha value is -1.30. The monoisotopic (exact) mass is 309 g/mol. The Balaban J connectivity index is 2.08. The van der Waals surface area contributed by atoms with E-state index in [0.717, 1.165) is 5.56 Å². The van der Waals surface area contributed by atoms with Gasteiger partial charge in [-0.1, -0.05) is 53.7 Å². The molecule has 0 radical (unpaired) electrons. The number of thioether (sulfide) groups is 1. The van der Waals surface area contributed by atoms with Crippen molar-refractivity contribution in [2.75, 3.05) is 18.2 Å². The Labute approximate surface area is 127 Å². The van der Waals surface area contributed by atoms with Gasteiger partial charge < -0.3 is 10.4 Å². The molecule has 0 fully saturated rings. The van der Waals surface area contributed by atoms with Crippen LogP contribution in [-0.4, -0.2) is 34.0 Å². The fraction of sp³-hybridized carbons (Fsp3) is 0.286. The third kappa shape index (κ3) is 4.37. The van der Waals surface area contributed by atoms with Crippen LogP contribution < -0.4 is 5.32 Å². The molecule has 106 valence electrons. The number of benzene rings is 1. The molecule has 4 nitrogen and oxygen atoms in total. The summed E-state index contributed by atoms with van der Waals surface area (Å²) in [5.74, 6) is 0.629. The van der Waals surface area contributed by atoms with Gasteiger partial charge in [-0.3, -0.25) is 0 Å². The standard InChI is InChI=1S/C14H16ClN3OS/c1-20-14-17-12(15)8-13(18-14)16-11(9-19)7-10-5-3-2-4-6-10/h2-6,8,11,19H,7,9H2,1H3,(H,16,17,18). The van der Waals surface area contributed by atoms with Gasteiger partial charge in [-0.05, 0) is 18.2 Å². The molecule has 1 aromatic carbocycles. The lowest BCUT2D eigenvalue weighted by Gasteiger charge is -2.17. The number of nitrogens with zero attached hydrogens (tertiary/aromatic N) is 2. The Morgan fingerprint density at radius 3 is 2.70 bits per heavy atom. The van der Waals surface area contributed by atoms with Crippen LogP contribution in [0.4, 0.5) is 5.82 Å². The molecule has 0 aliphatic heterocycles. The summed E-state index contributed by atoms with van der Waals surface area (Å²) in [6.07, 6.45) is 2.61. The van der Waals surface area contributed by atoms with E-state index in [2.05, 4.69) is 15.3 Å². The fourth-order valence-corrected chi connectivity index (χ4v) is 2.44. The van der Waals surface area contributed by atoms with Crippen LogP contribution in [0.3, 0.4) is 0 Å². The number of rotatable bonds is 6. The third-order valence-electron chi connectivity index (χ3n) is 2.75. The second-order valence-electron chi connectivity index (χ2n) is 4.28. The Bertz CT molecular complexity index is 553. The molecular weight excluding hydrogens is 294 g/mol. The highest BCUT2D eigenvalue weighted by Gasteiger charge is 2.10. The highest BCUT2D eigenvalue weighted by Crippen LogP contribution is 2.18. The number of aromatic nitrogens is 2. The van der Waals surface area contributed by atoms with Gasteiger partial charge in [0.2, 0.25) is 0 Å². The number of hydrogen-bond acceptors (Lipinski definition) is 5. The molecule has 1 unspecified atom stereocenters. The predicted octanol–water partition coefficient (Wildman–Crippen LogP) is 2.87. The molecule has 2 rings (SSSR count). The second kappa shape index (κ2) is 7.47. The highest BCUT2D eigenvalue weighted by molar-refractivity contribution is 7.98. The lowest BCUT2D eigenvalue weighted by atomic mass is 10.1. The number of halogens is 1. The average molecular weight is 310 g/mol. The second-order valence-corrected chi connectivity index (χ2v) is 5.44. The summed E-state index contributed by atoms with van der Waals surface area (Å²) in [7, 11) is 0. The van der Waals surface area contributed by atoms with Crippen molar-refractivity contribution in [2.45, 2.75) is 17.6 Å². The molecule has 1 aromatic heterocycles. The molecule has 0 aliphatic carbocycles. The molecule has 0 amide bonds. The average Bonchev–Trinajstić information content (AvgIpc) is 2.47. The maximum Gasteiger partial charge on any atom is 0.190 e. The van der Waals surface area contributed by atoms with Crippen molar-refractivity contribution in [2.24, 2.45) is 0 Å². The van der Waals surface area contributed by atoms with Gasteiger partial charge in [-0.25, -0.2) is 9.97 Å². The van der Waals surface area contributed by atoms with Gasteiger partial charge in [0.05, 0.1) is 12.6 Å². The van der Waals surface area contributed by atoms with Crippen LogP contribution in [0.25, 0.3) is 0 Å². The van der Waals surface area contributed by atoms with Gasteiger partial charge in [0.1, 0.15) is 11.0 Å². The summed E-state index contributed by atoms with van der Waals surface area (Å²) in [5, 5.41) is 13.7. The first-order chi connectivity index (χ1) is 9.71. The van der Waals surface area contributed by atoms with Gasteiger partial charge >= 0.3 is 0 Å². The number of anilines is 1. The molecule has 20 heavy (non-hydrogen) atoms. The molecule has 1 atom stereocenters. The first-order valence-electron chi connectivity index (χ1n) is 6.21. The maximum absolute atomic E-state index is 9.50. The molecule has 0 spiro atoms. The van der Waals surface area contributed by atoms with Crippen LogP contribution in [0.15, 0.2) is 41.6 Å². The van der Waals surface area contributed by atoms with Gasteiger partial charge in [-0.15, -0.1) is 0 Å². The number of aliphatic hydroxyl groups excluding tert-OH is 1. The predicted molar refractivity (Wildman–Crippen MR) is 83.5 cm³/mol. The molecule has 1 heterocycles. The first kappa shape index (κ1) is 15.1. The van der Waals surface area contributed by atoms with Crippen molar-refractivity contribution in [1.29, 1.82) is 0 Å². The van der Waals surface area contributed by atoms with E-state index in [4.69, 9.17) is 11.6 Å². The van der Waals surface area contributed by atoms with Gasteiger partial charge in [0.15, 0.2) is 5.16 Å². The van der Waals surface area contributed by atoms with Crippen LogP contribution in [-0.2, 0) is 6.42 Å². The lowest BCUT2D eigenvalue weighted by Crippen LogP contribution is -2.27. The molecule has 0 saturated heterocycles. The minimum absolute atomic E-state index is 0.0190. The minimum atomic E-state index is -0.113. The van der Waals surface area contributed by atoms with E-state index >= 15 is 0 Å². The summed E-state index contributed by atoms with van der Waals surface area (Å²) in [6, 6.07) is 11.6. The Morgan fingerprint density at radius 2 is 2.05 bits per heavy atom. The highest BCUT2D eigenvalue weighted by atomic mass is 35.5. The number of hydrogen-bond donors (Lipinski definition) is 2. The minimum Gasteiger partial charge on any atom is -0.394 e. The lowest BCUT2D eigenvalue weighted by molar-refractivity contribution is 0.273. The van der Waals surface area contributed by atoms with Crippen molar-refractivity contribution < 1.29 is 5.11 Å². The van der Waals surface area contributed by atoms with Crippen LogP contribution in [0.5, 0.6) is 0 Å². The van der Waals surface area contributed by atoms with E-state index in [1.165, 1.54) is 11.8 Å². The van der Waals surface area contributed by atoms with E-state index in [1.807, 2.05) is 36.6 Å². The Kier molecular flexibility index (Phi) is 5.64. The summed E-state index contributed by atoms with van der Waals surface area (Å²) >= 11 is 7.38. The van der Waals surface area contributed by atoms with Crippen molar-refractivity contribution in [3.63, 3.8) is 0 Å². The smallest absolute Gasteiger partial charge is 0.190 e. The topological polar surface area (TPSA) is 58.0 Å².